The number of hydrogen-bond acceptors (Lipinski definition) is 8. The van der Waals surface area contributed by atoms with Crippen molar-refractivity contribution in [2.75, 3.05) is 19.7 Å². The lowest BCUT2D eigenvalue weighted by atomic mass is 10.1. The van der Waals surface area contributed by atoms with Gasteiger partial charge in [0.1, 0.15) is 11.5 Å². The fraction of sp³-hybridized carbons (Fsp3) is 0.237. The van der Waals surface area contributed by atoms with Gasteiger partial charge in [0.15, 0.2) is 34.8 Å². The number of hydrogen-bond donors (Lipinski definition) is 2. The van der Waals surface area contributed by atoms with E-state index in [1.807, 2.05) is 0 Å². The molecule has 0 saturated carbocycles. The first kappa shape index (κ1) is 41.7. The van der Waals surface area contributed by atoms with Gasteiger partial charge in [-0.2, -0.15) is 0 Å². The van der Waals surface area contributed by atoms with Crippen molar-refractivity contribution in [2.45, 2.75) is 50.3 Å². The molecule has 0 fully saturated rings. The number of rotatable bonds is 17. The third-order valence-corrected chi connectivity index (χ3v) is 10.3. The Bertz CT molecular complexity index is 2210. The van der Waals surface area contributed by atoms with Crippen LogP contribution in [0.2, 0.25) is 0 Å². The Morgan fingerprint density at radius 2 is 1.00 bits per heavy atom. The summed E-state index contributed by atoms with van der Waals surface area (Å²) in [5.74, 6) is -5.92. The summed E-state index contributed by atoms with van der Waals surface area (Å²) in [6.07, 6.45) is 3.41. The fourth-order valence-electron chi connectivity index (χ4n) is 4.85. The van der Waals surface area contributed by atoms with Gasteiger partial charge in [-0.3, -0.25) is 0 Å². The lowest BCUT2D eigenvalue weighted by Gasteiger charge is -2.11. The number of halogens is 4. The Morgan fingerprint density at radius 1 is 0.630 bits per heavy atom. The molecule has 4 aromatic rings. The third kappa shape index (κ3) is 11.5. The van der Waals surface area contributed by atoms with E-state index < -0.39 is 60.8 Å². The van der Waals surface area contributed by atoms with Crippen molar-refractivity contribution < 1.29 is 53.4 Å². The summed E-state index contributed by atoms with van der Waals surface area (Å²) in [4.78, 5) is 11.5. The standard InChI is InChI=1S/C38H38F4N2O8S2/c1-5-50-38(45)25(4)19-27-22-34(41)37(35(42)23-27)52-29-10-14-31(15-11-29)54(48,49)44-17-7-6-16-43-53(46,47)30-12-8-28(9-13-30)51-36-32(39)20-26(18-24(2)3)21-33(36)40/h8-15,18-23,43-44H,5-7,16-17H2,1-4H3. The van der Waals surface area contributed by atoms with Gasteiger partial charge < -0.3 is 14.2 Å². The first-order valence-electron chi connectivity index (χ1n) is 16.5. The van der Waals surface area contributed by atoms with Crippen molar-refractivity contribution in [3.63, 3.8) is 0 Å². The minimum atomic E-state index is -3.99. The monoisotopic (exact) mass is 790 g/mol. The second-order valence-electron chi connectivity index (χ2n) is 12.0. The second-order valence-corrected chi connectivity index (χ2v) is 15.6. The van der Waals surface area contributed by atoms with Crippen LogP contribution in [-0.4, -0.2) is 42.5 Å². The molecule has 0 unspecified atom stereocenters. The van der Waals surface area contributed by atoms with Gasteiger partial charge in [-0.1, -0.05) is 11.6 Å². The van der Waals surface area contributed by atoms with E-state index in [0.29, 0.717) is 5.56 Å². The molecule has 0 atom stereocenters. The van der Waals surface area contributed by atoms with Crippen LogP contribution in [0.4, 0.5) is 17.6 Å². The summed E-state index contributed by atoms with van der Waals surface area (Å²) < 4.78 is 130. The maximum atomic E-state index is 14.7. The van der Waals surface area contributed by atoms with Crippen LogP contribution in [-0.2, 0) is 29.6 Å². The summed E-state index contributed by atoms with van der Waals surface area (Å²) in [5, 5.41) is 0. The molecule has 0 aliphatic heterocycles. The van der Waals surface area contributed by atoms with E-state index in [1.54, 1.807) is 26.8 Å². The summed E-state index contributed by atoms with van der Waals surface area (Å²) >= 11 is 0. The van der Waals surface area contributed by atoms with E-state index in [2.05, 4.69) is 9.44 Å². The van der Waals surface area contributed by atoms with Crippen LogP contribution >= 0.6 is 0 Å². The van der Waals surface area contributed by atoms with E-state index in [4.69, 9.17) is 14.2 Å². The highest BCUT2D eigenvalue weighted by Gasteiger charge is 2.19. The maximum Gasteiger partial charge on any atom is 0.333 e. The van der Waals surface area contributed by atoms with Gasteiger partial charge in [0.2, 0.25) is 20.0 Å². The highest BCUT2D eigenvalue weighted by molar-refractivity contribution is 7.89. The van der Waals surface area contributed by atoms with Crippen LogP contribution < -0.4 is 18.9 Å². The lowest BCUT2D eigenvalue weighted by molar-refractivity contribution is -0.138. The van der Waals surface area contributed by atoms with Crippen molar-refractivity contribution in [3.8, 4) is 23.0 Å². The first-order chi connectivity index (χ1) is 25.5. The number of benzene rings is 4. The van der Waals surface area contributed by atoms with E-state index >= 15 is 0 Å². The molecule has 0 radical (unpaired) electrons. The summed E-state index contributed by atoms with van der Waals surface area (Å²) in [5.41, 5.74) is 1.40. The third-order valence-electron chi connectivity index (χ3n) is 7.37. The molecule has 0 aliphatic carbocycles. The lowest BCUT2D eigenvalue weighted by Crippen LogP contribution is -2.27. The molecular formula is C38H38F4N2O8S2. The minimum absolute atomic E-state index is 0.0157. The maximum absolute atomic E-state index is 14.7. The van der Waals surface area contributed by atoms with Gasteiger partial charge in [0.05, 0.1) is 16.4 Å². The fourth-order valence-corrected chi connectivity index (χ4v) is 7.00. The molecule has 0 bridgehead atoms. The predicted molar refractivity (Wildman–Crippen MR) is 195 cm³/mol. The molecule has 0 spiro atoms. The zero-order valence-electron chi connectivity index (χ0n) is 29.7. The molecule has 2 N–H and O–H groups in total. The normalized spacial score (nSPS) is 12.0. The molecule has 54 heavy (non-hydrogen) atoms. The Kier molecular flexibility index (Phi) is 14.2. The van der Waals surface area contributed by atoms with Crippen LogP contribution in [0.15, 0.2) is 93.7 Å². The van der Waals surface area contributed by atoms with Crippen LogP contribution in [0.5, 0.6) is 23.0 Å². The van der Waals surface area contributed by atoms with Gasteiger partial charge in [0.25, 0.3) is 0 Å². The van der Waals surface area contributed by atoms with E-state index in [-0.39, 0.29) is 65.0 Å². The topological polar surface area (TPSA) is 137 Å². The van der Waals surface area contributed by atoms with Crippen LogP contribution in [0.3, 0.4) is 0 Å². The molecule has 0 aliphatic rings. The van der Waals surface area contributed by atoms with Crippen molar-refractivity contribution in [3.05, 3.63) is 118 Å². The summed E-state index contributed by atoms with van der Waals surface area (Å²) in [7, 11) is -7.95. The summed E-state index contributed by atoms with van der Waals surface area (Å²) in [6, 6.07) is 14.0. The average Bonchev–Trinajstić information content (AvgIpc) is 3.10. The molecule has 16 heteroatoms. The highest BCUT2D eigenvalue weighted by atomic mass is 32.2. The SMILES string of the molecule is CCOC(=O)C(C)=Cc1cc(F)c(Oc2ccc(S(=O)(=O)NCCCCNS(=O)(=O)c3ccc(Oc4c(F)cc(C=C(C)C)cc4F)cc3)cc2)c(F)c1. The first-order valence-corrected chi connectivity index (χ1v) is 19.5. The van der Waals surface area contributed by atoms with Crippen LogP contribution in [0, 0.1) is 23.3 Å². The van der Waals surface area contributed by atoms with E-state index in [1.165, 1.54) is 61.5 Å². The molecule has 0 amide bonds. The molecule has 10 nitrogen and oxygen atoms in total. The molecule has 0 aromatic heterocycles. The molecule has 4 rings (SSSR count). The number of unbranched alkanes of at least 4 members (excludes halogenated alkanes) is 1. The zero-order chi connectivity index (χ0) is 39.6. The van der Waals surface area contributed by atoms with Crippen molar-refractivity contribution in [2.24, 2.45) is 0 Å². The van der Waals surface area contributed by atoms with Crippen molar-refractivity contribution in [1.82, 2.24) is 9.44 Å². The Labute approximate surface area is 311 Å². The molecule has 288 valence electrons. The zero-order valence-corrected chi connectivity index (χ0v) is 31.3. The van der Waals surface area contributed by atoms with E-state index in [9.17, 15) is 39.2 Å². The Balaban J connectivity index is 1.24. The largest absolute Gasteiger partial charge is 0.463 e. The number of carbonyl (C=O) groups excluding carboxylic acids is 1. The molecule has 4 aromatic carbocycles. The average molecular weight is 791 g/mol. The number of carbonyl (C=O) groups is 1. The Morgan fingerprint density at radius 3 is 1.35 bits per heavy atom. The van der Waals surface area contributed by atoms with Gasteiger partial charge >= 0.3 is 5.97 Å². The van der Waals surface area contributed by atoms with Crippen LogP contribution in [0.25, 0.3) is 12.2 Å². The van der Waals surface area contributed by atoms with Gasteiger partial charge in [-0.05, 0) is 131 Å². The number of nitrogens with one attached hydrogen (secondary N) is 2. The predicted octanol–water partition coefficient (Wildman–Crippen LogP) is 8.25. The molecule has 0 saturated heterocycles. The second kappa shape index (κ2) is 18.3. The smallest absolute Gasteiger partial charge is 0.333 e. The van der Waals surface area contributed by atoms with Gasteiger partial charge in [-0.15, -0.1) is 0 Å². The van der Waals surface area contributed by atoms with Gasteiger partial charge in [0, 0.05) is 18.7 Å². The van der Waals surface area contributed by atoms with E-state index in [0.717, 1.165) is 29.8 Å². The van der Waals surface area contributed by atoms with Crippen molar-refractivity contribution >= 4 is 38.2 Å². The number of esters is 1. The quantitative estimate of drug-likeness (QED) is 0.0473. The van der Waals surface area contributed by atoms with Crippen molar-refractivity contribution in [1.29, 1.82) is 0 Å². The molecule has 0 heterocycles. The van der Waals surface area contributed by atoms with Crippen LogP contribution in [0.1, 0.15) is 51.7 Å². The molecular weight excluding hydrogens is 753 g/mol. The number of sulfonamides is 2. The number of allylic oxidation sites excluding steroid dienone is 1. The Hall–Kier alpha value is -5.03. The number of ether oxygens (including phenoxy) is 3. The van der Waals surface area contributed by atoms with Gasteiger partial charge in [-0.25, -0.2) is 48.6 Å². The highest BCUT2D eigenvalue weighted by Crippen LogP contribution is 2.31. The minimum Gasteiger partial charge on any atom is -0.463 e. The summed E-state index contributed by atoms with van der Waals surface area (Å²) in [6.45, 7) is 6.75.